The van der Waals surface area contributed by atoms with Crippen LogP contribution in [0.2, 0.25) is 0 Å². The number of hydrogen-bond acceptors (Lipinski definition) is 5. The number of nitrogens with one attached hydrogen (secondary N) is 1. The molecule has 1 aromatic heterocycles. The number of hydrogen-bond donors (Lipinski definition) is 1. The van der Waals surface area contributed by atoms with Gasteiger partial charge in [0.15, 0.2) is 9.84 Å². The molecule has 1 atom stereocenters. The maximum absolute atomic E-state index is 11.8. The third-order valence-corrected chi connectivity index (χ3v) is 4.47. The van der Waals surface area contributed by atoms with Crippen molar-refractivity contribution < 1.29 is 13.2 Å². The van der Waals surface area contributed by atoms with Gasteiger partial charge in [0.25, 0.3) is 5.91 Å². The third kappa shape index (κ3) is 2.84. The van der Waals surface area contributed by atoms with E-state index in [1.807, 2.05) is 6.07 Å². The van der Waals surface area contributed by atoms with Crippen molar-refractivity contribution >= 4 is 15.7 Å². The van der Waals surface area contributed by atoms with Gasteiger partial charge in [-0.05, 0) is 12.5 Å². The maximum Gasteiger partial charge on any atom is 0.253 e. The molecule has 1 aliphatic heterocycles. The molecule has 0 aromatic carbocycles. The predicted molar refractivity (Wildman–Crippen MR) is 63.5 cm³/mol. The minimum atomic E-state index is -3.02. The van der Waals surface area contributed by atoms with Gasteiger partial charge in [-0.1, -0.05) is 0 Å². The van der Waals surface area contributed by atoms with E-state index >= 15 is 0 Å². The van der Waals surface area contributed by atoms with Crippen molar-refractivity contribution in [2.75, 3.05) is 11.5 Å². The first-order valence-electron chi connectivity index (χ1n) is 5.36. The number of carbonyl (C=O) groups excluding carboxylic acids is 1. The zero-order valence-electron chi connectivity index (χ0n) is 9.46. The molecule has 0 radical (unpaired) electrons. The molecule has 1 N–H and O–H groups in total. The molecule has 7 heteroatoms. The van der Waals surface area contributed by atoms with Crippen molar-refractivity contribution in [2.45, 2.75) is 12.5 Å². The quantitative estimate of drug-likeness (QED) is 0.803. The largest absolute Gasteiger partial charge is 0.348 e. The van der Waals surface area contributed by atoms with Crippen LogP contribution >= 0.6 is 0 Å². The van der Waals surface area contributed by atoms with E-state index in [1.165, 1.54) is 18.5 Å². The standard InChI is InChI=1S/C11H11N3O3S/c12-4-8-3-9(6-13-5-8)11(15)14-10-1-2-18(16,17)7-10/h3,5-6,10H,1-2,7H2,(H,14,15). The van der Waals surface area contributed by atoms with Gasteiger partial charge in [0.2, 0.25) is 0 Å². The molecule has 6 nitrogen and oxygen atoms in total. The Bertz CT molecular complexity index is 619. The molecule has 18 heavy (non-hydrogen) atoms. The lowest BCUT2D eigenvalue weighted by molar-refractivity contribution is 0.0940. The van der Waals surface area contributed by atoms with Crippen LogP contribution in [0.3, 0.4) is 0 Å². The van der Waals surface area contributed by atoms with Crippen molar-refractivity contribution in [3.8, 4) is 6.07 Å². The summed E-state index contributed by atoms with van der Waals surface area (Å²) in [6, 6.07) is 2.96. The first kappa shape index (κ1) is 12.5. The van der Waals surface area contributed by atoms with Gasteiger partial charge in [0.05, 0.1) is 22.6 Å². The summed E-state index contributed by atoms with van der Waals surface area (Å²) in [6.07, 6.45) is 3.13. The SMILES string of the molecule is N#Cc1cncc(C(=O)NC2CCS(=O)(=O)C2)c1. The Hall–Kier alpha value is -1.94. The van der Waals surface area contributed by atoms with Crippen LogP contribution in [0.25, 0.3) is 0 Å². The van der Waals surface area contributed by atoms with E-state index in [2.05, 4.69) is 10.3 Å². The van der Waals surface area contributed by atoms with Crippen molar-refractivity contribution in [1.29, 1.82) is 5.26 Å². The highest BCUT2D eigenvalue weighted by Gasteiger charge is 2.29. The Kier molecular flexibility index (Phi) is 3.30. The van der Waals surface area contributed by atoms with Crippen molar-refractivity contribution in [3.63, 3.8) is 0 Å². The van der Waals surface area contributed by atoms with Crippen LogP contribution in [-0.2, 0) is 9.84 Å². The van der Waals surface area contributed by atoms with Crippen LogP contribution in [0.15, 0.2) is 18.5 Å². The van der Waals surface area contributed by atoms with E-state index in [1.54, 1.807) is 0 Å². The smallest absolute Gasteiger partial charge is 0.253 e. The normalized spacial score (nSPS) is 21.2. The van der Waals surface area contributed by atoms with Crippen molar-refractivity contribution in [2.24, 2.45) is 0 Å². The van der Waals surface area contributed by atoms with Gasteiger partial charge < -0.3 is 5.32 Å². The van der Waals surface area contributed by atoms with E-state index in [4.69, 9.17) is 5.26 Å². The fourth-order valence-corrected chi connectivity index (χ4v) is 3.48. The lowest BCUT2D eigenvalue weighted by Gasteiger charge is -2.10. The number of aromatic nitrogens is 1. The van der Waals surface area contributed by atoms with Gasteiger partial charge in [-0.2, -0.15) is 5.26 Å². The highest BCUT2D eigenvalue weighted by molar-refractivity contribution is 7.91. The Morgan fingerprint density at radius 1 is 1.50 bits per heavy atom. The molecular weight excluding hydrogens is 254 g/mol. The van der Waals surface area contributed by atoms with Gasteiger partial charge in [-0.25, -0.2) is 8.42 Å². The van der Waals surface area contributed by atoms with Gasteiger partial charge >= 0.3 is 0 Å². The summed E-state index contributed by atoms with van der Waals surface area (Å²) in [5, 5.41) is 11.3. The summed E-state index contributed by atoms with van der Waals surface area (Å²) < 4.78 is 22.5. The van der Waals surface area contributed by atoms with Crippen LogP contribution in [0, 0.1) is 11.3 Å². The molecule has 1 saturated heterocycles. The molecule has 1 amide bonds. The fraction of sp³-hybridized carbons (Fsp3) is 0.364. The fourth-order valence-electron chi connectivity index (χ4n) is 1.80. The number of nitrogens with zero attached hydrogens (tertiary/aromatic N) is 2. The van der Waals surface area contributed by atoms with Crippen LogP contribution in [0.5, 0.6) is 0 Å². The molecule has 0 saturated carbocycles. The molecule has 0 bridgehead atoms. The molecule has 1 aromatic rings. The molecule has 0 aliphatic carbocycles. The van der Waals surface area contributed by atoms with E-state index in [9.17, 15) is 13.2 Å². The van der Waals surface area contributed by atoms with Crippen LogP contribution in [-0.4, -0.2) is 36.9 Å². The van der Waals surface area contributed by atoms with E-state index in [-0.39, 0.29) is 23.1 Å². The molecule has 0 spiro atoms. The molecule has 94 valence electrons. The summed E-state index contributed by atoms with van der Waals surface area (Å²) >= 11 is 0. The molecule has 1 unspecified atom stereocenters. The number of pyridine rings is 1. The number of nitriles is 1. The summed E-state index contributed by atoms with van der Waals surface area (Å²) in [7, 11) is -3.02. The zero-order chi connectivity index (χ0) is 13.2. The second-order valence-corrected chi connectivity index (χ2v) is 6.38. The van der Waals surface area contributed by atoms with E-state index in [0.29, 0.717) is 12.0 Å². The van der Waals surface area contributed by atoms with Crippen LogP contribution < -0.4 is 5.32 Å². The molecular formula is C11H11N3O3S. The summed E-state index contributed by atoms with van der Waals surface area (Å²) in [5.41, 5.74) is 0.556. The molecule has 2 rings (SSSR count). The predicted octanol–water partition coefficient (Wildman–Crippen LogP) is -0.130. The lowest BCUT2D eigenvalue weighted by atomic mass is 10.2. The number of carbonyl (C=O) groups is 1. The first-order valence-corrected chi connectivity index (χ1v) is 7.19. The first-order chi connectivity index (χ1) is 8.50. The Morgan fingerprint density at radius 3 is 2.89 bits per heavy atom. The second kappa shape index (κ2) is 4.74. The van der Waals surface area contributed by atoms with Gasteiger partial charge in [-0.15, -0.1) is 0 Å². The van der Waals surface area contributed by atoms with Gasteiger partial charge in [0.1, 0.15) is 6.07 Å². The third-order valence-electron chi connectivity index (χ3n) is 2.70. The summed E-state index contributed by atoms with van der Waals surface area (Å²) in [6.45, 7) is 0. The van der Waals surface area contributed by atoms with E-state index < -0.39 is 15.7 Å². The minimum Gasteiger partial charge on any atom is -0.348 e. The van der Waals surface area contributed by atoms with Crippen molar-refractivity contribution in [1.82, 2.24) is 10.3 Å². The highest BCUT2D eigenvalue weighted by Crippen LogP contribution is 2.12. The van der Waals surface area contributed by atoms with Crippen LogP contribution in [0.4, 0.5) is 0 Å². The molecule has 2 heterocycles. The van der Waals surface area contributed by atoms with Crippen LogP contribution in [0.1, 0.15) is 22.3 Å². The van der Waals surface area contributed by atoms with Crippen molar-refractivity contribution in [3.05, 3.63) is 29.6 Å². The monoisotopic (exact) mass is 265 g/mol. The molecule has 1 fully saturated rings. The topological polar surface area (TPSA) is 99.9 Å². The van der Waals surface area contributed by atoms with E-state index in [0.717, 1.165) is 0 Å². The Morgan fingerprint density at radius 2 is 2.28 bits per heavy atom. The molecule has 1 aliphatic rings. The second-order valence-electron chi connectivity index (χ2n) is 4.15. The lowest BCUT2D eigenvalue weighted by Crippen LogP contribution is -2.35. The summed E-state index contributed by atoms with van der Waals surface area (Å²) in [5.74, 6) is -0.319. The summed E-state index contributed by atoms with van der Waals surface area (Å²) in [4.78, 5) is 15.6. The minimum absolute atomic E-state index is 0.0237. The van der Waals surface area contributed by atoms with Gasteiger partial charge in [-0.3, -0.25) is 9.78 Å². The number of amides is 1. The highest BCUT2D eigenvalue weighted by atomic mass is 32.2. The Balaban J connectivity index is 2.07. The van der Waals surface area contributed by atoms with Gasteiger partial charge in [0, 0.05) is 18.4 Å². The Labute approximate surface area is 105 Å². The number of sulfone groups is 1. The average molecular weight is 265 g/mol. The number of rotatable bonds is 2. The average Bonchev–Trinajstić information content (AvgIpc) is 2.68. The zero-order valence-corrected chi connectivity index (χ0v) is 10.3. The maximum atomic E-state index is 11.8.